The van der Waals surface area contributed by atoms with Crippen LogP contribution in [0.2, 0.25) is 0 Å². The third-order valence-electron chi connectivity index (χ3n) is 3.21. The first-order valence-corrected chi connectivity index (χ1v) is 7.05. The van der Waals surface area contributed by atoms with Gasteiger partial charge in [0.05, 0.1) is 0 Å². The number of carboxylic acids is 1. The summed E-state index contributed by atoms with van der Waals surface area (Å²) in [6.45, 7) is 7.13. The Morgan fingerprint density at radius 1 is 1.35 bits per heavy atom. The first-order valence-electron chi connectivity index (χ1n) is 7.05. The number of nitrogens with zero attached hydrogens (tertiary/aromatic N) is 1. The quantitative estimate of drug-likeness (QED) is 0.822. The molecule has 20 heavy (non-hydrogen) atoms. The number of hydrogen-bond acceptors (Lipinski definition) is 4. The number of aliphatic carboxylic acids is 1. The van der Waals surface area contributed by atoms with E-state index in [0.29, 0.717) is 12.3 Å². The normalized spacial score (nSPS) is 24.2. The Morgan fingerprint density at radius 3 is 2.55 bits per heavy atom. The first kappa shape index (κ1) is 16.8. The van der Waals surface area contributed by atoms with Gasteiger partial charge in [-0.15, -0.1) is 0 Å². The van der Waals surface area contributed by atoms with Gasteiger partial charge in [-0.25, -0.2) is 4.79 Å². The summed E-state index contributed by atoms with van der Waals surface area (Å²) >= 11 is 0. The lowest BCUT2D eigenvalue weighted by molar-refractivity contribution is -0.137. The van der Waals surface area contributed by atoms with E-state index in [1.165, 1.54) is 0 Å². The standard InChI is InChI=1S/C14H26N2O4/c1-14(2,3)20-13(19)15-11-7-10(5-6-12(17)18)8-16(4)9-11/h10-11H,5-9H2,1-4H3,(H,15,19)(H,17,18). The number of carboxylic acid groups (broad SMARTS) is 1. The number of piperidine rings is 1. The van der Waals surface area contributed by atoms with Crippen LogP contribution >= 0.6 is 0 Å². The fourth-order valence-corrected chi connectivity index (χ4v) is 2.56. The molecule has 2 unspecified atom stereocenters. The molecule has 0 aliphatic carbocycles. The SMILES string of the molecule is CN1CC(CCC(=O)O)CC(NC(=O)OC(C)(C)C)C1. The summed E-state index contributed by atoms with van der Waals surface area (Å²) in [4.78, 5) is 24.5. The Balaban J connectivity index is 2.45. The highest BCUT2D eigenvalue weighted by atomic mass is 16.6. The monoisotopic (exact) mass is 286 g/mol. The van der Waals surface area contributed by atoms with Crippen molar-refractivity contribution in [2.45, 2.75) is 51.7 Å². The Labute approximate surface area is 120 Å². The molecule has 0 radical (unpaired) electrons. The minimum absolute atomic E-state index is 0.0161. The van der Waals surface area contributed by atoms with Gasteiger partial charge in [0.1, 0.15) is 5.60 Å². The molecule has 0 spiro atoms. The van der Waals surface area contributed by atoms with Crippen molar-refractivity contribution in [2.24, 2.45) is 5.92 Å². The van der Waals surface area contributed by atoms with E-state index in [9.17, 15) is 9.59 Å². The van der Waals surface area contributed by atoms with E-state index >= 15 is 0 Å². The molecule has 0 aromatic rings. The number of alkyl carbamates (subject to hydrolysis) is 1. The van der Waals surface area contributed by atoms with Crippen molar-refractivity contribution in [1.82, 2.24) is 10.2 Å². The van der Waals surface area contributed by atoms with Gasteiger partial charge < -0.3 is 20.1 Å². The van der Waals surface area contributed by atoms with Gasteiger partial charge in [-0.3, -0.25) is 4.79 Å². The summed E-state index contributed by atoms with van der Waals surface area (Å²) in [7, 11) is 1.98. The molecule has 0 saturated carbocycles. The van der Waals surface area contributed by atoms with E-state index < -0.39 is 17.7 Å². The van der Waals surface area contributed by atoms with Crippen LogP contribution < -0.4 is 5.32 Å². The molecule has 1 fully saturated rings. The van der Waals surface area contributed by atoms with Crippen molar-refractivity contribution in [2.75, 3.05) is 20.1 Å². The molecular formula is C14H26N2O4. The van der Waals surface area contributed by atoms with Crippen LogP contribution in [0.3, 0.4) is 0 Å². The Bertz CT molecular complexity index is 352. The molecule has 0 aromatic carbocycles. The third kappa shape index (κ3) is 6.75. The number of ether oxygens (including phenoxy) is 1. The second kappa shape index (κ2) is 6.92. The van der Waals surface area contributed by atoms with Crippen molar-refractivity contribution in [1.29, 1.82) is 0 Å². The minimum atomic E-state index is -0.769. The van der Waals surface area contributed by atoms with E-state index in [1.807, 2.05) is 27.8 Å². The summed E-state index contributed by atoms with van der Waals surface area (Å²) in [5.41, 5.74) is -0.507. The third-order valence-corrected chi connectivity index (χ3v) is 3.21. The number of hydrogen-bond donors (Lipinski definition) is 2. The van der Waals surface area contributed by atoms with Crippen LogP contribution in [0.5, 0.6) is 0 Å². The number of carbonyl (C=O) groups is 2. The van der Waals surface area contributed by atoms with Gasteiger partial charge >= 0.3 is 12.1 Å². The Hall–Kier alpha value is -1.30. The van der Waals surface area contributed by atoms with Crippen LogP contribution in [0.1, 0.15) is 40.0 Å². The highest BCUT2D eigenvalue weighted by molar-refractivity contribution is 5.68. The fourth-order valence-electron chi connectivity index (χ4n) is 2.56. The predicted molar refractivity (Wildman–Crippen MR) is 75.6 cm³/mol. The number of carbonyl (C=O) groups excluding carboxylic acids is 1. The number of nitrogens with one attached hydrogen (secondary N) is 1. The molecule has 116 valence electrons. The zero-order chi connectivity index (χ0) is 15.3. The second-order valence-electron chi connectivity index (χ2n) is 6.60. The van der Waals surface area contributed by atoms with Gasteiger partial charge in [0.15, 0.2) is 0 Å². The van der Waals surface area contributed by atoms with E-state index in [0.717, 1.165) is 19.5 Å². The lowest BCUT2D eigenvalue weighted by atomic mass is 9.91. The van der Waals surface area contributed by atoms with Crippen LogP contribution in [0.25, 0.3) is 0 Å². The summed E-state index contributed by atoms with van der Waals surface area (Å²) in [6, 6.07) is 0.0161. The molecule has 1 saturated heterocycles. The Kier molecular flexibility index (Phi) is 5.80. The molecule has 6 nitrogen and oxygen atoms in total. The van der Waals surface area contributed by atoms with Gasteiger partial charge in [0, 0.05) is 25.6 Å². The average Bonchev–Trinajstić information content (AvgIpc) is 2.22. The molecular weight excluding hydrogens is 260 g/mol. The molecule has 1 aliphatic rings. The number of likely N-dealkylation sites (tertiary alicyclic amines) is 1. The number of rotatable bonds is 4. The maximum atomic E-state index is 11.8. The van der Waals surface area contributed by atoms with E-state index in [1.54, 1.807) is 0 Å². The summed E-state index contributed by atoms with van der Waals surface area (Å²) < 4.78 is 5.25. The molecule has 2 atom stereocenters. The van der Waals surface area contributed by atoms with E-state index in [4.69, 9.17) is 9.84 Å². The minimum Gasteiger partial charge on any atom is -0.481 e. The lowest BCUT2D eigenvalue weighted by Crippen LogP contribution is -2.50. The van der Waals surface area contributed by atoms with Crippen molar-refractivity contribution >= 4 is 12.1 Å². The molecule has 0 bridgehead atoms. The zero-order valence-electron chi connectivity index (χ0n) is 12.8. The Morgan fingerprint density at radius 2 is 2.00 bits per heavy atom. The summed E-state index contributed by atoms with van der Waals surface area (Å²) in [5.74, 6) is -0.473. The van der Waals surface area contributed by atoms with Crippen LogP contribution in [-0.2, 0) is 9.53 Å². The summed E-state index contributed by atoms with van der Waals surface area (Å²) in [6.07, 6.45) is 1.22. The van der Waals surface area contributed by atoms with E-state index in [-0.39, 0.29) is 12.5 Å². The second-order valence-corrected chi connectivity index (χ2v) is 6.60. The van der Waals surface area contributed by atoms with Crippen LogP contribution in [0, 0.1) is 5.92 Å². The first-order chi connectivity index (χ1) is 9.15. The highest BCUT2D eigenvalue weighted by Gasteiger charge is 2.28. The van der Waals surface area contributed by atoms with Crippen molar-refractivity contribution in [3.8, 4) is 0 Å². The molecule has 1 aliphatic heterocycles. The number of likely N-dealkylation sites (N-methyl/N-ethyl adjacent to an activating group) is 1. The largest absolute Gasteiger partial charge is 0.481 e. The summed E-state index contributed by atoms with van der Waals surface area (Å²) in [5, 5.41) is 11.6. The maximum absolute atomic E-state index is 11.8. The smallest absolute Gasteiger partial charge is 0.407 e. The van der Waals surface area contributed by atoms with Gasteiger partial charge in [-0.2, -0.15) is 0 Å². The van der Waals surface area contributed by atoms with Gasteiger partial charge in [-0.05, 0) is 46.6 Å². The fraction of sp³-hybridized carbons (Fsp3) is 0.857. The molecule has 1 rings (SSSR count). The number of amides is 1. The molecule has 0 aromatic heterocycles. The molecule has 1 amide bonds. The van der Waals surface area contributed by atoms with Crippen molar-refractivity contribution in [3.05, 3.63) is 0 Å². The molecule has 2 N–H and O–H groups in total. The van der Waals surface area contributed by atoms with E-state index in [2.05, 4.69) is 10.2 Å². The van der Waals surface area contributed by atoms with Crippen LogP contribution in [0.4, 0.5) is 4.79 Å². The van der Waals surface area contributed by atoms with Crippen LogP contribution in [0.15, 0.2) is 0 Å². The molecule has 6 heteroatoms. The predicted octanol–water partition coefficient (Wildman–Crippen LogP) is 1.70. The van der Waals surface area contributed by atoms with Gasteiger partial charge in [0.25, 0.3) is 0 Å². The van der Waals surface area contributed by atoms with Crippen molar-refractivity contribution in [3.63, 3.8) is 0 Å². The average molecular weight is 286 g/mol. The lowest BCUT2D eigenvalue weighted by Gasteiger charge is -2.36. The zero-order valence-corrected chi connectivity index (χ0v) is 12.8. The topological polar surface area (TPSA) is 78.9 Å². The maximum Gasteiger partial charge on any atom is 0.407 e. The van der Waals surface area contributed by atoms with Gasteiger partial charge in [0.2, 0.25) is 0 Å². The highest BCUT2D eigenvalue weighted by Crippen LogP contribution is 2.21. The van der Waals surface area contributed by atoms with Crippen molar-refractivity contribution < 1.29 is 19.4 Å². The van der Waals surface area contributed by atoms with Gasteiger partial charge in [-0.1, -0.05) is 0 Å². The van der Waals surface area contributed by atoms with Crippen LogP contribution in [-0.4, -0.2) is 53.8 Å². The molecule has 1 heterocycles.